The number of likely N-dealkylation sites (N-methyl/N-ethyl adjacent to an activating group) is 1. The van der Waals surface area contributed by atoms with Crippen LogP contribution in [0.25, 0.3) is 10.9 Å². The molecular weight excluding hydrogens is 388 g/mol. The van der Waals surface area contributed by atoms with Crippen LogP contribution in [0.4, 0.5) is 0 Å². The first-order valence-electron chi connectivity index (χ1n) is 10.2. The first-order valence-corrected chi connectivity index (χ1v) is 10.2. The molecule has 1 heterocycles. The fourth-order valence-electron chi connectivity index (χ4n) is 3.74. The third-order valence-electron chi connectivity index (χ3n) is 5.51. The van der Waals surface area contributed by atoms with Crippen molar-refractivity contribution in [1.82, 2.24) is 9.88 Å². The Morgan fingerprint density at radius 3 is 2.35 bits per heavy atom. The number of nitrogens with zero attached hydrogens (tertiary/aromatic N) is 1. The maximum Gasteiger partial charge on any atom is 0.261 e. The van der Waals surface area contributed by atoms with Gasteiger partial charge in [0.2, 0.25) is 0 Å². The second-order valence-corrected chi connectivity index (χ2v) is 7.57. The van der Waals surface area contributed by atoms with Crippen LogP contribution in [0, 0.1) is 6.92 Å². The van der Waals surface area contributed by atoms with E-state index in [9.17, 15) is 4.79 Å². The Kier molecular flexibility index (Phi) is 5.94. The molecule has 3 aromatic carbocycles. The van der Waals surface area contributed by atoms with Crippen molar-refractivity contribution in [3.05, 3.63) is 95.7 Å². The third kappa shape index (κ3) is 4.40. The standard InChI is InChI=1S/C26H26N2O3/c1-18-8-10-19(11-9-18)26(23-16-27-24-7-5-4-6-22(23)24)28(2)25(29)17-31-21-14-12-20(30-3)13-15-21/h4-16,26-27H,17H2,1-3H3/t26-/m0/s1. The quantitative estimate of drug-likeness (QED) is 0.457. The molecule has 1 aromatic heterocycles. The lowest BCUT2D eigenvalue weighted by Gasteiger charge is -2.29. The average Bonchev–Trinajstić information content (AvgIpc) is 3.23. The zero-order valence-electron chi connectivity index (χ0n) is 18.0. The van der Waals surface area contributed by atoms with Crippen molar-refractivity contribution in [2.45, 2.75) is 13.0 Å². The van der Waals surface area contributed by atoms with E-state index in [1.807, 2.05) is 43.6 Å². The van der Waals surface area contributed by atoms with Crippen LogP contribution < -0.4 is 9.47 Å². The number of aromatic amines is 1. The molecular formula is C26H26N2O3. The van der Waals surface area contributed by atoms with E-state index in [0.29, 0.717) is 5.75 Å². The number of H-pyrrole nitrogens is 1. The van der Waals surface area contributed by atoms with Gasteiger partial charge in [-0.05, 0) is 42.8 Å². The lowest BCUT2D eigenvalue weighted by atomic mass is 9.96. The number of carbonyl (C=O) groups is 1. The maximum atomic E-state index is 13.1. The highest BCUT2D eigenvalue weighted by molar-refractivity contribution is 5.85. The number of fused-ring (bicyclic) bond motifs is 1. The van der Waals surface area contributed by atoms with Crippen LogP contribution in [-0.2, 0) is 4.79 Å². The zero-order valence-corrected chi connectivity index (χ0v) is 18.0. The summed E-state index contributed by atoms with van der Waals surface area (Å²) in [4.78, 5) is 18.2. The predicted octanol–water partition coefficient (Wildman–Crippen LogP) is 5.11. The summed E-state index contributed by atoms with van der Waals surface area (Å²) in [6, 6.07) is 23.4. The zero-order chi connectivity index (χ0) is 21.8. The molecule has 1 N–H and O–H groups in total. The summed E-state index contributed by atoms with van der Waals surface area (Å²) < 4.78 is 10.9. The molecule has 0 unspecified atom stereocenters. The van der Waals surface area contributed by atoms with Gasteiger partial charge in [-0.15, -0.1) is 0 Å². The maximum absolute atomic E-state index is 13.1. The largest absolute Gasteiger partial charge is 0.497 e. The van der Waals surface area contributed by atoms with E-state index < -0.39 is 0 Å². The Morgan fingerprint density at radius 2 is 1.65 bits per heavy atom. The van der Waals surface area contributed by atoms with Crippen molar-refractivity contribution >= 4 is 16.8 Å². The van der Waals surface area contributed by atoms with Crippen molar-refractivity contribution in [3.8, 4) is 11.5 Å². The minimum absolute atomic E-state index is 0.0481. The highest BCUT2D eigenvalue weighted by Crippen LogP contribution is 2.33. The van der Waals surface area contributed by atoms with Crippen LogP contribution in [0.2, 0.25) is 0 Å². The van der Waals surface area contributed by atoms with Crippen LogP contribution >= 0.6 is 0 Å². The third-order valence-corrected chi connectivity index (χ3v) is 5.51. The second kappa shape index (κ2) is 8.96. The van der Waals surface area contributed by atoms with E-state index in [2.05, 4.69) is 42.2 Å². The summed E-state index contributed by atoms with van der Waals surface area (Å²) in [6.07, 6.45) is 1.99. The summed E-state index contributed by atoms with van der Waals surface area (Å²) in [7, 11) is 3.44. The summed E-state index contributed by atoms with van der Waals surface area (Å²) in [5.41, 5.74) is 4.33. The minimum atomic E-state index is -0.233. The molecule has 0 aliphatic heterocycles. The van der Waals surface area contributed by atoms with Crippen LogP contribution in [0.3, 0.4) is 0 Å². The molecule has 5 heteroatoms. The van der Waals surface area contributed by atoms with Gasteiger partial charge in [-0.1, -0.05) is 48.0 Å². The molecule has 1 amide bonds. The summed E-state index contributed by atoms with van der Waals surface area (Å²) in [5, 5.41) is 1.10. The smallest absolute Gasteiger partial charge is 0.261 e. The Labute approximate surface area is 182 Å². The van der Waals surface area contributed by atoms with Crippen LogP contribution in [-0.4, -0.2) is 36.6 Å². The van der Waals surface area contributed by atoms with Gasteiger partial charge in [0.15, 0.2) is 6.61 Å². The van der Waals surface area contributed by atoms with Crippen LogP contribution in [0.15, 0.2) is 79.0 Å². The molecule has 0 bridgehead atoms. The Morgan fingerprint density at radius 1 is 0.968 bits per heavy atom. The number of aromatic nitrogens is 1. The number of hydrogen-bond acceptors (Lipinski definition) is 3. The fraction of sp³-hybridized carbons (Fsp3) is 0.192. The predicted molar refractivity (Wildman–Crippen MR) is 123 cm³/mol. The molecule has 0 aliphatic rings. The van der Waals surface area contributed by atoms with Gasteiger partial charge >= 0.3 is 0 Å². The van der Waals surface area contributed by atoms with Crippen molar-refractivity contribution < 1.29 is 14.3 Å². The molecule has 0 aliphatic carbocycles. The molecule has 158 valence electrons. The van der Waals surface area contributed by atoms with Crippen molar-refractivity contribution in [2.75, 3.05) is 20.8 Å². The molecule has 4 rings (SSSR count). The first kappa shape index (κ1) is 20.5. The summed E-state index contributed by atoms with van der Waals surface area (Å²) in [5.74, 6) is 1.27. The van der Waals surface area contributed by atoms with Gasteiger partial charge in [-0.3, -0.25) is 4.79 Å². The monoisotopic (exact) mass is 414 g/mol. The Balaban J connectivity index is 1.61. The van der Waals surface area contributed by atoms with Crippen LogP contribution in [0.5, 0.6) is 11.5 Å². The second-order valence-electron chi connectivity index (χ2n) is 7.57. The Bertz CT molecular complexity index is 1160. The molecule has 0 radical (unpaired) electrons. The minimum Gasteiger partial charge on any atom is -0.497 e. The lowest BCUT2D eigenvalue weighted by Crippen LogP contribution is -2.35. The first-order chi connectivity index (χ1) is 15.1. The van der Waals surface area contributed by atoms with Gasteiger partial charge in [0.1, 0.15) is 11.5 Å². The fourth-order valence-corrected chi connectivity index (χ4v) is 3.74. The number of ether oxygens (including phenoxy) is 2. The topological polar surface area (TPSA) is 54.6 Å². The van der Waals surface area contributed by atoms with E-state index >= 15 is 0 Å². The number of para-hydroxylation sites is 1. The van der Waals surface area contributed by atoms with Gasteiger partial charge in [0.05, 0.1) is 13.2 Å². The number of methoxy groups -OCH3 is 1. The molecule has 4 aromatic rings. The van der Waals surface area contributed by atoms with Crippen molar-refractivity contribution in [2.24, 2.45) is 0 Å². The summed E-state index contributed by atoms with van der Waals surface area (Å²) >= 11 is 0. The molecule has 0 spiro atoms. The Hall–Kier alpha value is -3.73. The van der Waals surface area contributed by atoms with Crippen molar-refractivity contribution in [3.63, 3.8) is 0 Å². The number of rotatable bonds is 7. The summed E-state index contributed by atoms with van der Waals surface area (Å²) in [6.45, 7) is 2.01. The highest BCUT2D eigenvalue weighted by atomic mass is 16.5. The van der Waals surface area contributed by atoms with Crippen LogP contribution in [0.1, 0.15) is 22.7 Å². The van der Waals surface area contributed by atoms with Gasteiger partial charge in [0.25, 0.3) is 5.91 Å². The number of hydrogen-bond donors (Lipinski definition) is 1. The number of amides is 1. The van der Waals surface area contributed by atoms with Gasteiger partial charge in [-0.25, -0.2) is 0 Å². The van der Waals surface area contributed by atoms with Gasteiger partial charge in [-0.2, -0.15) is 0 Å². The molecule has 0 saturated carbocycles. The normalized spacial score (nSPS) is 11.8. The number of aryl methyl sites for hydroxylation is 1. The van der Waals surface area contributed by atoms with Gasteiger partial charge in [0, 0.05) is 29.7 Å². The highest BCUT2D eigenvalue weighted by Gasteiger charge is 2.26. The van der Waals surface area contributed by atoms with E-state index in [1.165, 1.54) is 5.56 Å². The van der Waals surface area contributed by atoms with Crippen molar-refractivity contribution in [1.29, 1.82) is 0 Å². The molecule has 5 nitrogen and oxygen atoms in total. The van der Waals surface area contributed by atoms with E-state index in [1.54, 1.807) is 24.1 Å². The number of nitrogens with one attached hydrogen (secondary N) is 1. The lowest BCUT2D eigenvalue weighted by molar-refractivity contribution is -0.133. The molecule has 31 heavy (non-hydrogen) atoms. The SMILES string of the molecule is COc1ccc(OCC(=O)N(C)[C@@H](c2ccc(C)cc2)c2c[nH]c3ccccc23)cc1. The molecule has 1 atom stereocenters. The number of benzene rings is 3. The van der Waals surface area contributed by atoms with Gasteiger partial charge < -0.3 is 19.4 Å². The van der Waals surface area contributed by atoms with E-state index in [-0.39, 0.29) is 18.6 Å². The van der Waals surface area contributed by atoms with E-state index in [4.69, 9.17) is 9.47 Å². The van der Waals surface area contributed by atoms with E-state index in [0.717, 1.165) is 27.8 Å². The number of carbonyl (C=O) groups excluding carboxylic acids is 1. The molecule has 0 saturated heterocycles. The molecule has 0 fully saturated rings. The average molecular weight is 415 g/mol.